The van der Waals surface area contributed by atoms with Gasteiger partial charge in [0.15, 0.2) is 0 Å². The average molecular weight is 314 g/mol. The van der Waals surface area contributed by atoms with E-state index in [0.29, 0.717) is 32.4 Å². The molecular weight excluding hydrogens is 295 g/mol. The van der Waals surface area contributed by atoms with Crippen molar-refractivity contribution in [3.63, 3.8) is 0 Å². The summed E-state index contributed by atoms with van der Waals surface area (Å²) in [7, 11) is -3.35. The Labute approximate surface area is 124 Å². The largest absolute Gasteiger partial charge is 0.354 e. The highest BCUT2D eigenvalue weighted by atomic mass is 32.2. The zero-order valence-electron chi connectivity index (χ0n) is 11.9. The molecule has 1 aliphatic rings. The van der Waals surface area contributed by atoms with Crippen LogP contribution in [0.25, 0.3) is 0 Å². The van der Waals surface area contributed by atoms with Crippen LogP contribution >= 0.6 is 0 Å². The van der Waals surface area contributed by atoms with E-state index in [2.05, 4.69) is 5.32 Å². The van der Waals surface area contributed by atoms with Gasteiger partial charge in [0, 0.05) is 13.1 Å². The number of nitrogens with zero attached hydrogens (tertiary/aromatic N) is 1. The van der Waals surface area contributed by atoms with Gasteiger partial charge in [0.05, 0.1) is 6.26 Å². The summed E-state index contributed by atoms with van der Waals surface area (Å²) >= 11 is 0. The molecule has 1 heterocycles. The maximum atomic E-state index is 12.8. The minimum Gasteiger partial charge on any atom is -0.354 e. The molecule has 1 saturated heterocycles. The smallest absolute Gasteiger partial charge is 0.238 e. The number of carbonyl (C=O) groups excluding carboxylic acids is 1. The lowest BCUT2D eigenvalue weighted by atomic mass is 10.1. The molecule has 2 rings (SSSR count). The van der Waals surface area contributed by atoms with E-state index in [1.165, 1.54) is 16.4 Å². The Balaban J connectivity index is 1.86. The molecule has 1 N–H and O–H groups in total. The number of hydrogen-bond donors (Lipinski definition) is 1. The van der Waals surface area contributed by atoms with Crippen molar-refractivity contribution in [3.05, 3.63) is 35.6 Å². The molecule has 1 aromatic rings. The van der Waals surface area contributed by atoms with E-state index in [1.54, 1.807) is 12.1 Å². The lowest BCUT2D eigenvalue weighted by Gasteiger charge is -2.21. The van der Waals surface area contributed by atoms with Crippen molar-refractivity contribution >= 4 is 15.9 Å². The summed E-state index contributed by atoms with van der Waals surface area (Å²) in [6.45, 7) is 0.799. The molecule has 0 aliphatic carbocycles. The summed E-state index contributed by atoms with van der Waals surface area (Å²) in [5.41, 5.74) is 0.920. The van der Waals surface area contributed by atoms with Gasteiger partial charge in [-0.05, 0) is 37.0 Å². The summed E-state index contributed by atoms with van der Waals surface area (Å²) < 4.78 is 37.2. The molecule has 5 nitrogen and oxygen atoms in total. The van der Waals surface area contributed by atoms with E-state index in [0.717, 1.165) is 11.8 Å². The van der Waals surface area contributed by atoms with Gasteiger partial charge >= 0.3 is 0 Å². The predicted molar refractivity (Wildman–Crippen MR) is 77.7 cm³/mol. The summed E-state index contributed by atoms with van der Waals surface area (Å²) in [6, 6.07) is 5.48. The second kappa shape index (κ2) is 6.53. The monoisotopic (exact) mass is 314 g/mol. The van der Waals surface area contributed by atoms with Gasteiger partial charge in [-0.3, -0.25) is 4.79 Å². The zero-order chi connectivity index (χ0) is 15.5. The van der Waals surface area contributed by atoms with Crippen molar-refractivity contribution in [2.45, 2.75) is 25.3 Å². The summed E-state index contributed by atoms with van der Waals surface area (Å²) in [5.74, 6) is -0.558. The molecule has 1 aliphatic heterocycles. The number of amides is 1. The van der Waals surface area contributed by atoms with Crippen molar-refractivity contribution in [1.29, 1.82) is 0 Å². The van der Waals surface area contributed by atoms with Crippen molar-refractivity contribution in [1.82, 2.24) is 9.62 Å². The summed E-state index contributed by atoms with van der Waals surface area (Å²) in [5, 5.41) is 2.75. The molecule has 1 atom stereocenters. The molecule has 116 valence electrons. The van der Waals surface area contributed by atoms with Crippen LogP contribution in [0, 0.1) is 5.82 Å². The van der Waals surface area contributed by atoms with Crippen molar-refractivity contribution in [2.24, 2.45) is 0 Å². The van der Waals surface area contributed by atoms with Gasteiger partial charge in [-0.15, -0.1) is 0 Å². The maximum absolute atomic E-state index is 12.8. The number of rotatable bonds is 5. The molecule has 0 bridgehead atoms. The van der Waals surface area contributed by atoms with E-state index in [-0.39, 0.29) is 11.7 Å². The molecule has 0 saturated carbocycles. The van der Waals surface area contributed by atoms with E-state index < -0.39 is 16.1 Å². The number of hydrogen-bond acceptors (Lipinski definition) is 3. The number of nitrogens with one attached hydrogen (secondary N) is 1. The Hall–Kier alpha value is -1.47. The molecule has 0 spiro atoms. The summed E-state index contributed by atoms with van der Waals surface area (Å²) in [6.07, 6.45) is 2.95. The predicted octanol–water partition coefficient (Wildman–Crippen LogP) is 0.908. The summed E-state index contributed by atoms with van der Waals surface area (Å²) in [4.78, 5) is 12.1. The number of carbonyl (C=O) groups is 1. The topological polar surface area (TPSA) is 66.5 Å². The molecule has 1 amide bonds. The number of benzene rings is 1. The van der Waals surface area contributed by atoms with Crippen LogP contribution in [-0.2, 0) is 21.2 Å². The van der Waals surface area contributed by atoms with Crippen molar-refractivity contribution in [2.75, 3.05) is 19.3 Å². The Bertz CT molecular complexity index is 601. The Kier molecular flexibility index (Phi) is 4.95. The Morgan fingerprint density at radius 3 is 2.67 bits per heavy atom. The first-order valence-electron chi connectivity index (χ1n) is 6.87. The van der Waals surface area contributed by atoms with E-state index in [1.807, 2.05) is 0 Å². The van der Waals surface area contributed by atoms with Gasteiger partial charge in [0.1, 0.15) is 11.9 Å². The lowest BCUT2D eigenvalue weighted by Crippen LogP contribution is -2.45. The van der Waals surface area contributed by atoms with E-state index in [9.17, 15) is 17.6 Å². The third kappa shape index (κ3) is 4.25. The van der Waals surface area contributed by atoms with Crippen LogP contribution < -0.4 is 5.32 Å². The highest BCUT2D eigenvalue weighted by Gasteiger charge is 2.36. The first-order valence-corrected chi connectivity index (χ1v) is 8.72. The minimum atomic E-state index is -3.35. The van der Waals surface area contributed by atoms with Crippen LogP contribution in [0.1, 0.15) is 18.4 Å². The van der Waals surface area contributed by atoms with Crippen molar-refractivity contribution < 1.29 is 17.6 Å². The third-order valence-electron chi connectivity index (χ3n) is 3.56. The molecule has 1 fully saturated rings. The molecule has 7 heteroatoms. The van der Waals surface area contributed by atoms with Crippen LogP contribution in [0.4, 0.5) is 4.39 Å². The van der Waals surface area contributed by atoms with E-state index >= 15 is 0 Å². The lowest BCUT2D eigenvalue weighted by molar-refractivity contribution is -0.124. The highest BCUT2D eigenvalue weighted by Crippen LogP contribution is 2.20. The Morgan fingerprint density at radius 2 is 2.05 bits per heavy atom. The maximum Gasteiger partial charge on any atom is 0.238 e. The zero-order valence-corrected chi connectivity index (χ0v) is 12.7. The molecule has 0 radical (unpaired) electrons. The molecule has 1 aromatic carbocycles. The quantitative estimate of drug-likeness (QED) is 0.878. The molecule has 0 aromatic heterocycles. The van der Waals surface area contributed by atoms with Gasteiger partial charge in [0.2, 0.25) is 15.9 Å². The molecule has 1 unspecified atom stereocenters. The first-order chi connectivity index (χ1) is 9.88. The SMILES string of the molecule is CS(=O)(=O)N1CCCC1C(=O)NCCc1ccc(F)cc1. The van der Waals surface area contributed by atoms with Gasteiger partial charge < -0.3 is 5.32 Å². The minimum absolute atomic E-state index is 0.264. The molecule has 21 heavy (non-hydrogen) atoms. The fraction of sp³-hybridized carbons (Fsp3) is 0.500. The first kappa shape index (κ1) is 15.9. The fourth-order valence-electron chi connectivity index (χ4n) is 2.50. The van der Waals surface area contributed by atoms with Gasteiger partial charge in [-0.25, -0.2) is 12.8 Å². The third-order valence-corrected chi connectivity index (χ3v) is 4.85. The van der Waals surface area contributed by atoms with Crippen LogP contribution in [0.5, 0.6) is 0 Å². The highest BCUT2D eigenvalue weighted by molar-refractivity contribution is 7.88. The van der Waals surface area contributed by atoms with Crippen LogP contribution in [0.15, 0.2) is 24.3 Å². The number of halogens is 1. The normalized spacial score (nSPS) is 19.6. The molecular formula is C14H19FN2O3S. The second-order valence-electron chi connectivity index (χ2n) is 5.20. The number of sulfonamides is 1. The van der Waals surface area contributed by atoms with Crippen molar-refractivity contribution in [3.8, 4) is 0 Å². The Morgan fingerprint density at radius 1 is 1.38 bits per heavy atom. The second-order valence-corrected chi connectivity index (χ2v) is 7.13. The van der Waals surface area contributed by atoms with Crippen LogP contribution in [-0.4, -0.2) is 44.0 Å². The van der Waals surface area contributed by atoms with Crippen LogP contribution in [0.3, 0.4) is 0 Å². The van der Waals surface area contributed by atoms with E-state index in [4.69, 9.17) is 0 Å². The van der Waals surface area contributed by atoms with Gasteiger partial charge in [-0.2, -0.15) is 4.31 Å². The van der Waals surface area contributed by atoms with Crippen LogP contribution in [0.2, 0.25) is 0 Å². The fourth-order valence-corrected chi connectivity index (χ4v) is 3.62. The van der Waals surface area contributed by atoms with Gasteiger partial charge in [0.25, 0.3) is 0 Å². The standard InChI is InChI=1S/C14H19FN2O3S/c1-21(19,20)17-10-2-3-13(17)14(18)16-9-8-11-4-6-12(15)7-5-11/h4-7,13H,2-3,8-10H2,1H3,(H,16,18). The van der Waals surface area contributed by atoms with Gasteiger partial charge in [-0.1, -0.05) is 12.1 Å². The average Bonchev–Trinajstić information content (AvgIpc) is 2.90.